The second-order valence-corrected chi connectivity index (χ2v) is 13.4. The smallest absolute Gasteiger partial charge is 0.408 e. The van der Waals surface area contributed by atoms with Gasteiger partial charge >= 0.3 is 6.09 Å². The number of nitrogens with zero attached hydrogens (tertiary/aromatic N) is 1. The Hall–Kier alpha value is -3.73. The van der Waals surface area contributed by atoms with Gasteiger partial charge in [-0.1, -0.05) is 113 Å². The van der Waals surface area contributed by atoms with E-state index in [2.05, 4.69) is 10.6 Å². The lowest BCUT2D eigenvalue weighted by molar-refractivity contribution is -0.125. The fraction of sp³-hybridized carbons (Fsp3) is 0.412. The van der Waals surface area contributed by atoms with Gasteiger partial charge in [-0.2, -0.15) is 4.31 Å². The van der Waals surface area contributed by atoms with Crippen LogP contribution in [0.25, 0.3) is 0 Å². The molecule has 3 N–H and O–H groups in total. The van der Waals surface area contributed by atoms with Gasteiger partial charge in [0.25, 0.3) is 0 Å². The lowest BCUT2D eigenvalue weighted by Gasteiger charge is -2.32. The van der Waals surface area contributed by atoms with Crippen LogP contribution in [0.4, 0.5) is 4.79 Å². The van der Waals surface area contributed by atoms with E-state index in [4.69, 9.17) is 4.74 Å². The summed E-state index contributed by atoms with van der Waals surface area (Å²) in [6.07, 6.45) is -1.13. The molecule has 3 aromatic rings. The summed E-state index contributed by atoms with van der Waals surface area (Å²) in [6, 6.07) is 24.9. The van der Waals surface area contributed by atoms with E-state index in [-0.39, 0.29) is 42.8 Å². The molecule has 0 heterocycles. The molecule has 0 spiro atoms. The number of ether oxygens (including phenoxy) is 1. The molecule has 0 unspecified atom stereocenters. The Bertz CT molecular complexity index is 1400. The Balaban J connectivity index is 1.82. The SMILES string of the molecule is CC[C@H](C)[C@H](NC(=O)OCc1ccccc1)C(=O)N[C@@H](Cc1ccccc1)[C@H](O)CN(CC(C)C)S(=O)(=O)c1ccccc1. The third-order valence-corrected chi connectivity index (χ3v) is 9.26. The average molecular weight is 624 g/mol. The lowest BCUT2D eigenvalue weighted by atomic mass is 9.96. The number of hydrogen-bond donors (Lipinski definition) is 3. The number of aliphatic hydroxyl groups is 1. The molecule has 0 radical (unpaired) electrons. The minimum Gasteiger partial charge on any atom is -0.445 e. The van der Waals surface area contributed by atoms with Crippen LogP contribution in [-0.2, 0) is 32.6 Å². The van der Waals surface area contributed by atoms with Gasteiger partial charge < -0.3 is 20.5 Å². The molecule has 10 heteroatoms. The molecule has 0 saturated carbocycles. The number of sulfonamides is 1. The molecule has 0 saturated heterocycles. The number of rotatable bonds is 16. The molecule has 2 amide bonds. The number of carbonyl (C=O) groups is 2. The van der Waals surface area contributed by atoms with Crippen LogP contribution in [0.5, 0.6) is 0 Å². The topological polar surface area (TPSA) is 125 Å². The van der Waals surface area contributed by atoms with Crippen molar-refractivity contribution in [3.05, 3.63) is 102 Å². The van der Waals surface area contributed by atoms with Crippen LogP contribution in [0, 0.1) is 11.8 Å². The summed E-state index contributed by atoms with van der Waals surface area (Å²) in [5, 5.41) is 17.2. The predicted molar refractivity (Wildman–Crippen MR) is 171 cm³/mol. The molecule has 0 aliphatic heterocycles. The van der Waals surface area contributed by atoms with Crippen molar-refractivity contribution in [1.29, 1.82) is 0 Å². The monoisotopic (exact) mass is 623 g/mol. The molecule has 9 nitrogen and oxygen atoms in total. The Labute approximate surface area is 261 Å². The Morgan fingerprint density at radius 2 is 1.36 bits per heavy atom. The van der Waals surface area contributed by atoms with Crippen LogP contribution < -0.4 is 10.6 Å². The van der Waals surface area contributed by atoms with E-state index in [0.717, 1.165) is 11.1 Å². The van der Waals surface area contributed by atoms with Crippen molar-refractivity contribution in [2.45, 2.75) is 70.2 Å². The van der Waals surface area contributed by atoms with Crippen LogP contribution in [0.15, 0.2) is 95.9 Å². The van der Waals surface area contributed by atoms with E-state index in [1.807, 2.05) is 88.4 Å². The zero-order chi connectivity index (χ0) is 32.1. The third-order valence-electron chi connectivity index (χ3n) is 7.41. The van der Waals surface area contributed by atoms with E-state index in [1.165, 1.54) is 16.4 Å². The first kappa shape index (κ1) is 34.8. The summed E-state index contributed by atoms with van der Waals surface area (Å²) < 4.78 is 33.8. The fourth-order valence-corrected chi connectivity index (χ4v) is 6.42. The first-order valence-electron chi connectivity index (χ1n) is 15.1. The number of benzene rings is 3. The highest BCUT2D eigenvalue weighted by Gasteiger charge is 2.34. The van der Waals surface area contributed by atoms with Gasteiger partial charge in [-0.15, -0.1) is 0 Å². The van der Waals surface area contributed by atoms with Crippen molar-refractivity contribution in [1.82, 2.24) is 14.9 Å². The normalized spacial score (nSPS) is 14.4. The van der Waals surface area contributed by atoms with E-state index in [0.29, 0.717) is 6.42 Å². The van der Waals surface area contributed by atoms with E-state index in [1.54, 1.807) is 18.2 Å². The molecule has 238 valence electrons. The standard InChI is InChI=1S/C34H45N3O6S/c1-5-26(4)32(36-34(40)43-24-28-17-11-7-12-18-28)33(39)35-30(21-27-15-9-6-10-16-27)31(38)23-37(22-25(2)3)44(41,42)29-19-13-8-14-20-29/h6-20,25-26,30-32,38H,5,21-24H2,1-4H3,(H,35,39)(H,36,40)/t26-,30-,31+,32-/m0/s1. The van der Waals surface area contributed by atoms with Crippen LogP contribution in [0.1, 0.15) is 45.2 Å². The minimum atomic E-state index is -3.92. The maximum absolute atomic E-state index is 13.7. The summed E-state index contributed by atoms with van der Waals surface area (Å²) in [4.78, 5) is 26.6. The summed E-state index contributed by atoms with van der Waals surface area (Å²) >= 11 is 0. The zero-order valence-corrected chi connectivity index (χ0v) is 26.7. The molecule has 3 aromatic carbocycles. The minimum absolute atomic E-state index is 0.0104. The number of alkyl carbamates (subject to hydrolysis) is 1. The molecule has 0 aliphatic rings. The Morgan fingerprint density at radius 1 is 0.818 bits per heavy atom. The summed E-state index contributed by atoms with van der Waals surface area (Å²) in [7, 11) is -3.92. The molecule has 0 fully saturated rings. The van der Waals surface area contributed by atoms with Crippen LogP contribution in [-0.4, -0.2) is 61.1 Å². The quantitative estimate of drug-likeness (QED) is 0.211. The summed E-state index contributed by atoms with van der Waals surface area (Å²) in [6.45, 7) is 7.58. The summed E-state index contributed by atoms with van der Waals surface area (Å²) in [5.74, 6) is -0.745. The number of amides is 2. The Kier molecular flexibility index (Phi) is 13.4. The molecule has 4 atom stereocenters. The van der Waals surface area contributed by atoms with E-state index in [9.17, 15) is 23.1 Å². The summed E-state index contributed by atoms with van der Waals surface area (Å²) in [5.41, 5.74) is 1.67. The number of nitrogens with one attached hydrogen (secondary N) is 2. The molecule has 0 bridgehead atoms. The first-order chi connectivity index (χ1) is 21.0. The van der Waals surface area contributed by atoms with Crippen molar-refractivity contribution in [3.8, 4) is 0 Å². The predicted octanol–water partition coefficient (Wildman–Crippen LogP) is 4.76. The van der Waals surface area contributed by atoms with Crippen LogP contribution in [0.2, 0.25) is 0 Å². The van der Waals surface area contributed by atoms with Crippen LogP contribution in [0.3, 0.4) is 0 Å². The highest BCUT2D eigenvalue weighted by Crippen LogP contribution is 2.19. The maximum Gasteiger partial charge on any atom is 0.408 e. The van der Waals surface area contributed by atoms with Crippen molar-refractivity contribution >= 4 is 22.0 Å². The Morgan fingerprint density at radius 3 is 1.91 bits per heavy atom. The highest BCUT2D eigenvalue weighted by molar-refractivity contribution is 7.89. The molecule has 44 heavy (non-hydrogen) atoms. The van der Waals surface area contributed by atoms with Crippen LogP contribution >= 0.6 is 0 Å². The molecule has 3 rings (SSSR count). The van der Waals surface area contributed by atoms with E-state index >= 15 is 0 Å². The van der Waals surface area contributed by atoms with Gasteiger partial charge in [0, 0.05) is 13.1 Å². The number of carbonyl (C=O) groups excluding carboxylic acids is 2. The molecule has 0 aliphatic carbocycles. The van der Waals surface area contributed by atoms with Gasteiger partial charge in [0.15, 0.2) is 0 Å². The number of hydrogen-bond acceptors (Lipinski definition) is 6. The van der Waals surface area contributed by atoms with Crippen molar-refractivity contribution in [2.24, 2.45) is 11.8 Å². The third kappa shape index (κ3) is 10.5. The zero-order valence-electron chi connectivity index (χ0n) is 25.9. The number of aliphatic hydroxyl groups excluding tert-OH is 1. The maximum atomic E-state index is 13.7. The van der Waals surface area contributed by atoms with Gasteiger partial charge in [0.1, 0.15) is 12.6 Å². The molecular weight excluding hydrogens is 578 g/mol. The fourth-order valence-electron chi connectivity index (χ4n) is 4.77. The molecular formula is C34H45N3O6S. The van der Waals surface area contributed by atoms with Gasteiger partial charge in [0.2, 0.25) is 15.9 Å². The van der Waals surface area contributed by atoms with Crippen molar-refractivity contribution in [2.75, 3.05) is 13.1 Å². The second-order valence-electron chi connectivity index (χ2n) is 11.5. The first-order valence-corrected chi connectivity index (χ1v) is 16.5. The largest absolute Gasteiger partial charge is 0.445 e. The van der Waals surface area contributed by atoms with Gasteiger partial charge in [0.05, 0.1) is 17.0 Å². The van der Waals surface area contributed by atoms with Gasteiger partial charge in [-0.3, -0.25) is 4.79 Å². The lowest BCUT2D eigenvalue weighted by Crippen LogP contribution is -2.57. The average Bonchev–Trinajstić information content (AvgIpc) is 3.02. The van der Waals surface area contributed by atoms with Gasteiger partial charge in [-0.05, 0) is 41.5 Å². The second kappa shape index (κ2) is 16.9. The molecule has 0 aromatic heterocycles. The van der Waals surface area contributed by atoms with Gasteiger partial charge in [-0.25, -0.2) is 13.2 Å². The van der Waals surface area contributed by atoms with Crippen molar-refractivity contribution in [3.63, 3.8) is 0 Å². The highest BCUT2D eigenvalue weighted by atomic mass is 32.2. The van der Waals surface area contributed by atoms with E-state index < -0.39 is 40.2 Å². The van der Waals surface area contributed by atoms with Crippen molar-refractivity contribution < 1.29 is 27.9 Å².